The number of carboxylic acid groups (broad SMARTS) is 1. The van der Waals surface area contributed by atoms with Gasteiger partial charge >= 0.3 is 5.97 Å². The fourth-order valence-corrected chi connectivity index (χ4v) is 1.96. The molecule has 0 saturated heterocycles. The Kier molecular flexibility index (Phi) is 3.89. The van der Waals surface area contributed by atoms with Gasteiger partial charge in [-0.3, -0.25) is 0 Å². The Labute approximate surface area is 124 Å². The van der Waals surface area contributed by atoms with Crippen LogP contribution in [0.3, 0.4) is 0 Å². The summed E-state index contributed by atoms with van der Waals surface area (Å²) in [4.78, 5) is 10.9. The van der Waals surface area contributed by atoms with E-state index in [1.54, 1.807) is 6.07 Å². The Morgan fingerprint density at radius 2 is 1.76 bits per heavy atom. The van der Waals surface area contributed by atoms with Gasteiger partial charge in [-0.2, -0.15) is 0 Å². The minimum Gasteiger partial charge on any atom is -0.478 e. The first kappa shape index (κ1) is 14.9. The van der Waals surface area contributed by atoms with Gasteiger partial charge in [-0.05, 0) is 35.2 Å². The van der Waals surface area contributed by atoms with E-state index < -0.39 is 5.97 Å². The highest BCUT2D eigenvalue weighted by Gasteiger charge is 2.14. The van der Waals surface area contributed by atoms with E-state index >= 15 is 0 Å². The average molecular weight is 285 g/mol. The lowest BCUT2D eigenvalue weighted by Crippen LogP contribution is -2.10. The van der Waals surface area contributed by atoms with E-state index in [2.05, 4.69) is 26.8 Å². The summed E-state index contributed by atoms with van der Waals surface area (Å²) in [5, 5.41) is 8.95. The molecule has 0 saturated carbocycles. The Morgan fingerprint density at radius 1 is 1.10 bits per heavy atom. The van der Waals surface area contributed by atoms with Crippen LogP contribution in [0.4, 0.5) is 5.69 Å². The second-order valence-electron chi connectivity index (χ2n) is 5.93. The fourth-order valence-electron chi connectivity index (χ4n) is 1.96. The van der Waals surface area contributed by atoms with Gasteiger partial charge in [-0.1, -0.05) is 32.9 Å². The molecule has 4 heteroatoms. The molecular formula is C17H19NO3. The van der Waals surface area contributed by atoms with Crippen molar-refractivity contribution in [3.8, 4) is 11.5 Å². The molecule has 0 heterocycles. The summed E-state index contributed by atoms with van der Waals surface area (Å²) in [7, 11) is 0. The summed E-state index contributed by atoms with van der Waals surface area (Å²) >= 11 is 0. The summed E-state index contributed by atoms with van der Waals surface area (Å²) in [5.74, 6) is 0.169. The molecule has 0 spiro atoms. The molecule has 0 atom stereocenters. The van der Waals surface area contributed by atoms with Crippen molar-refractivity contribution in [2.75, 3.05) is 5.73 Å². The van der Waals surface area contributed by atoms with E-state index in [-0.39, 0.29) is 16.7 Å². The fraction of sp³-hybridized carbons (Fsp3) is 0.235. The van der Waals surface area contributed by atoms with Crippen molar-refractivity contribution in [1.29, 1.82) is 0 Å². The highest BCUT2D eigenvalue weighted by atomic mass is 16.5. The molecule has 3 N–H and O–H groups in total. The van der Waals surface area contributed by atoms with Crippen molar-refractivity contribution in [1.82, 2.24) is 0 Å². The molecule has 0 aliphatic rings. The number of anilines is 1. The molecule has 4 nitrogen and oxygen atoms in total. The minimum absolute atomic E-state index is 0.0333. The number of nitrogen functional groups attached to an aromatic ring is 1. The van der Waals surface area contributed by atoms with E-state index in [0.717, 1.165) is 5.56 Å². The molecule has 0 aliphatic heterocycles. The van der Waals surface area contributed by atoms with Gasteiger partial charge in [-0.25, -0.2) is 4.79 Å². The monoisotopic (exact) mass is 285 g/mol. The van der Waals surface area contributed by atoms with Crippen molar-refractivity contribution >= 4 is 11.7 Å². The largest absolute Gasteiger partial charge is 0.478 e. The Bertz CT molecular complexity index is 672. The quantitative estimate of drug-likeness (QED) is 0.834. The molecule has 2 rings (SSSR count). The van der Waals surface area contributed by atoms with Crippen LogP contribution in [0.1, 0.15) is 36.7 Å². The van der Waals surface area contributed by atoms with Crippen molar-refractivity contribution < 1.29 is 14.6 Å². The van der Waals surface area contributed by atoms with Crippen LogP contribution >= 0.6 is 0 Å². The maximum absolute atomic E-state index is 10.9. The van der Waals surface area contributed by atoms with Gasteiger partial charge in [0.15, 0.2) is 0 Å². The SMILES string of the molecule is CC(C)(C)c1cccc(Oc2ccc(C(=O)O)c(N)c2)c1. The normalized spacial score (nSPS) is 11.2. The molecule has 21 heavy (non-hydrogen) atoms. The van der Waals surface area contributed by atoms with E-state index in [1.807, 2.05) is 18.2 Å². The van der Waals surface area contributed by atoms with Crippen LogP contribution in [0, 0.1) is 0 Å². The van der Waals surface area contributed by atoms with E-state index in [4.69, 9.17) is 15.6 Å². The molecule has 0 aliphatic carbocycles. The van der Waals surface area contributed by atoms with E-state index in [0.29, 0.717) is 11.5 Å². The third-order valence-corrected chi connectivity index (χ3v) is 3.19. The zero-order valence-electron chi connectivity index (χ0n) is 12.4. The predicted molar refractivity (Wildman–Crippen MR) is 83.0 cm³/mol. The second-order valence-corrected chi connectivity index (χ2v) is 5.93. The third-order valence-electron chi connectivity index (χ3n) is 3.19. The number of nitrogens with two attached hydrogens (primary N) is 1. The number of benzene rings is 2. The van der Waals surface area contributed by atoms with Crippen molar-refractivity contribution in [3.63, 3.8) is 0 Å². The highest BCUT2D eigenvalue weighted by Crippen LogP contribution is 2.29. The molecular weight excluding hydrogens is 266 g/mol. The Balaban J connectivity index is 2.27. The van der Waals surface area contributed by atoms with Crippen LogP contribution in [0.5, 0.6) is 11.5 Å². The number of carbonyl (C=O) groups is 1. The van der Waals surface area contributed by atoms with Crippen LogP contribution in [0.2, 0.25) is 0 Å². The highest BCUT2D eigenvalue weighted by molar-refractivity contribution is 5.93. The summed E-state index contributed by atoms with van der Waals surface area (Å²) in [6.45, 7) is 6.39. The molecule has 0 unspecified atom stereocenters. The van der Waals surface area contributed by atoms with Gasteiger partial charge in [0.2, 0.25) is 0 Å². The van der Waals surface area contributed by atoms with Gasteiger partial charge in [0, 0.05) is 11.8 Å². The smallest absolute Gasteiger partial charge is 0.337 e. The maximum Gasteiger partial charge on any atom is 0.337 e. The van der Waals surface area contributed by atoms with Crippen LogP contribution in [0.15, 0.2) is 42.5 Å². The maximum atomic E-state index is 10.9. The van der Waals surface area contributed by atoms with Crippen LogP contribution in [-0.2, 0) is 5.41 Å². The number of rotatable bonds is 3. The zero-order valence-corrected chi connectivity index (χ0v) is 12.4. The lowest BCUT2D eigenvalue weighted by molar-refractivity contribution is 0.0698. The van der Waals surface area contributed by atoms with Gasteiger partial charge in [-0.15, -0.1) is 0 Å². The molecule has 0 bridgehead atoms. The van der Waals surface area contributed by atoms with Crippen molar-refractivity contribution in [2.24, 2.45) is 0 Å². The van der Waals surface area contributed by atoms with Gasteiger partial charge in [0.25, 0.3) is 0 Å². The predicted octanol–water partition coefficient (Wildman–Crippen LogP) is 4.06. The summed E-state index contributed by atoms with van der Waals surface area (Å²) in [6.07, 6.45) is 0. The number of hydrogen-bond donors (Lipinski definition) is 2. The first-order chi connectivity index (χ1) is 9.77. The third kappa shape index (κ3) is 3.54. The first-order valence-corrected chi connectivity index (χ1v) is 6.68. The van der Waals surface area contributed by atoms with Crippen LogP contribution in [-0.4, -0.2) is 11.1 Å². The molecule has 110 valence electrons. The Hall–Kier alpha value is -2.49. The molecule has 0 aromatic heterocycles. The molecule has 0 amide bonds. The average Bonchev–Trinajstić information content (AvgIpc) is 2.37. The zero-order chi connectivity index (χ0) is 15.6. The summed E-state index contributed by atoms with van der Waals surface area (Å²) in [6, 6.07) is 12.4. The standard InChI is InChI=1S/C17H19NO3/c1-17(2,3)11-5-4-6-12(9-11)21-13-7-8-14(16(19)20)15(18)10-13/h4-10H,18H2,1-3H3,(H,19,20). The number of carboxylic acids is 1. The molecule has 2 aromatic rings. The lowest BCUT2D eigenvalue weighted by Gasteiger charge is -2.19. The number of hydrogen-bond acceptors (Lipinski definition) is 3. The topological polar surface area (TPSA) is 72.5 Å². The lowest BCUT2D eigenvalue weighted by atomic mass is 9.87. The van der Waals surface area contributed by atoms with Crippen molar-refractivity contribution in [2.45, 2.75) is 26.2 Å². The minimum atomic E-state index is -1.05. The van der Waals surface area contributed by atoms with Gasteiger partial charge < -0.3 is 15.6 Å². The van der Waals surface area contributed by atoms with Crippen LogP contribution in [0.25, 0.3) is 0 Å². The number of ether oxygens (including phenoxy) is 1. The summed E-state index contributed by atoms with van der Waals surface area (Å²) in [5.41, 5.74) is 7.17. The van der Waals surface area contributed by atoms with Crippen LogP contribution < -0.4 is 10.5 Å². The molecule has 0 fully saturated rings. The summed E-state index contributed by atoms with van der Waals surface area (Å²) < 4.78 is 5.76. The Morgan fingerprint density at radius 3 is 2.33 bits per heavy atom. The van der Waals surface area contributed by atoms with Gasteiger partial charge in [0.1, 0.15) is 11.5 Å². The molecule has 2 aromatic carbocycles. The first-order valence-electron chi connectivity index (χ1n) is 6.68. The number of aromatic carboxylic acids is 1. The van der Waals surface area contributed by atoms with E-state index in [9.17, 15) is 4.79 Å². The second kappa shape index (κ2) is 5.48. The molecule has 0 radical (unpaired) electrons. The van der Waals surface area contributed by atoms with Crippen molar-refractivity contribution in [3.05, 3.63) is 53.6 Å². The van der Waals surface area contributed by atoms with Gasteiger partial charge in [0.05, 0.1) is 5.56 Å². The van der Waals surface area contributed by atoms with E-state index in [1.165, 1.54) is 12.1 Å².